The van der Waals surface area contributed by atoms with Crippen molar-refractivity contribution in [2.45, 2.75) is 72.3 Å². The van der Waals surface area contributed by atoms with E-state index in [1.54, 1.807) is 0 Å². The second-order valence-corrected chi connectivity index (χ2v) is 8.08. The molecule has 0 aromatic rings. The van der Waals surface area contributed by atoms with Gasteiger partial charge in [-0.15, -0.1) is 0 Å². The van der Waals surface area contributed by atoms with Crippen LogP contribution >= 0.6 is 0 Å². The molecule has 1 heteroatoms. The highest BCUT2D eigenvalue weighted by Gasteiger charge is 2.41. The van der Waals surface area contributed by atoms with E-state index in [4.69, 9.17) is 0 Å². The highest BCUT2D eigenvalue weighted by Crippen LogP contribution is 2.47. The van der Waals surface area contributed by atoms with E-state index in [1.807, 2.05) is 0 Å². The molecule has 0 spiro atoms. The van der Waals surface area contributed by atoms with E-state index in [1.165, 1.54) is 37.7 Å². The lowest BCUT2D eigenvalue weighted by Gasteiger charge is -2.46. The Balaban J connectivity index is 2.06. The van der Waals surface area contributed by atoms with Crippen LogP contribution in [-0.4, -0.2) is 11.2 Å². The lowest BCUT2D eigenvalue weighted by molar-refractivity contribution is -0.0240. The van der Waals surface area contributed by atoms with E-state index in [-0.39, 0.29) is 6.10 Å². The van der Waals surface area contributed by atoms with Gasteiger partial charge in [-0.05, 0) is 74.5 Å². The van der Waals surface area contributed by atoms with Gasteiger partial charge in [-0.3, -0.25) is 0 Å². The topological polar surface area (TPSA) is 20.2 Å². The van der Waals surface area contributed by atoms with Gasteiger partial charge in [-0.25, -0.2) is 0 Å². The molecule has 0 aliphatic heterocycles. The molecule has 6 atom stereocenters. The molecule has 1 N–H and O–H groups in total. The Morgan fingerprint density at radius 3 is 2.30 bits per heavy atom. The molecular formula is C19H34O. The van der Waals surface area contributed by atoms with Crippen LogP contribution in [0.25, 0.3) is 0 Å². The number of aliphatic hydroxyl groups excluding tert-OH is 1. The lowest BCUT2D eigenvalue weighted by atomic mass is 9.61. The smallest absolute Gasteiger partial charge is 0.0576 e. The van der Waals surface area contributed by atoms with Crippen LogP contribution < -0.4 is 0 Å². The summed E-state index contributed by atoms with van der Waals surface area (Å²) in [6.07, 6.45) is 7.40. The van der Waals surface area contributed by atoms with Crippen LogP contribution in [-0.2, 0) is 0 Å². The third kappa shape index (κ3) is 3.47. The maximum atomic E-state index is 10.7. The first-order chi connectivity index (χ1) is 9.40. The van der Waals surface area contributed by atoms with Crippen molar-refractivity contribution >= 4 is 0 Å². The quantitative estimate of drug-likeness (QED) is 0.716. The fraction of sp³-hybridized carbons (Fsp3) is 0.895. The van der Waals surface area contributed by atoms with E-state index in [2.05, 4.69) is 34.3 Å². The van der Waals surface area contributed by atoms with E-state index < -0.39 is 0 Å². The molecule has 0 amide bonds. The van der Waals surface area contributed by atoms with Gasteiger partial charge in [0, 0.05) is 0 Å². The van der Waals surface area contributed by atoms with Crippen LogP contribution in [0.4, 0.5) is 0 Å². The van der Waals surface area contributed by atoms with E-state index >= 15 is 0 Å². The van der Waals surface area contributed by atoms with Crippen LogP contribution in [0.3, 0.4) is 0 Å². The minimum atomic E-state index is -0.0954. The van der Waals surface area contributed by atoms with E-state index in [0.717, 1.165) is 30.1 Å². The first-order valence-electron chi connectivity index (χ1n) is 8.73. The summed E-state index contributed by atoms with van der Waals surface area (Å²) >= 11 is 0. The van der Waals surface area contributed by atoms with Crippen LogP contribution in [0.1, 0.15) is 66.2 Å². The summed E-state index contributed by atoms with van der Waals surface area (Å²) in [5.41, 5.74) is 1.26. The van der Waals surface area contributed by atoms with Crippen LogP contribution in [0.15, 0.2) is 12.2 Å². The highest BCUT2D eigenvalue weighted by atomic mass is 16.3. The van der Waals surface area contributed by atoms with Gasteiger partial charge in [-0.1, -0.05) is 39.3 Å². The maximum Gasteiger partial charge on any atom is 0.0576 e. The fourth-order valence-corrected chi connectivity index (χ4v) is 4.89. The second-order valence-electron chi connectivity index (χ2n) is 8.08. The molecule has 2 aliphatic rings. The van der Waals surface area contributed by atoms with Crippen molar-refractivity contribution < 1.29 is 5.11 Å². The van der Waals surface area contributed by atoms with Crippen LogP contribution in [0, 0.1) is 35.5 Å². The lowest BCUT2D eigenvalue weighted by Crippen LogP contribution is -2.41. The summed E-state index contributed by atoms with van der Waals surface area (Å²) in [6.45, 7) is 13.4. The molecule has 0 bridgehead atoms. The normalized spacial score (nSPS) is 42.7. The Morgan fingerprint density at radius 2 is 1.75 bits per heavy atom. The van der Waals surface area contributed by atoms with Gasteiger partial charge in [0.05, 0.1) is 6.10 Å². The van der Waals surface area contributed by atoms with Crippen molar-refractivity contribution in [3.8, 4) is 0 Å². The third-order valence-electron chi connectivity index (χ3n) is 6.19. The standard InChI is InChI=1S/C19H34O/c1-12(2)15-7-9-17(19(20)11-15)18-10-14(5)6-8-16(18)13(3)4/h13-20H,1,6-11H2,2-5H3. The van der Waals surface area contributed by atoms with Gasteiger partial charge in [0.15, 0.2) is 0 Å². The SMILES string of the molecule is C=C(C)C1CCC(C2CC(C)CCC2C(C)C)C(O)C1. The number of hydrogen-bond acceptors (Lipinski definition) is 1. The van der Waals surface area contributed by atoms with Crippen LogP contribution in [0.2, 0.25) is 0 Å². The molecular weight excluding hydrogens is 244 g/mol. The molecule has 6 unspecified atom stereocenters. The zero-order valence-electron chi connectivity index (χ0n) is 13.9. The number of aliphatic hydroxyl groups is 1. The van der Waals surface area contributed by atoms with Crippen molar-refractivity contribution in [1.82, 2.24) is 0 Å². The summed E-state index contributed by atoms with van der Waals surface area (Å²) < 4.78 is 0. The third-order valence-corrected chi connectivity index (χ3v) is 6.19. The first kappa shape index (κ1) is 16.1. The van der Waals surface area contributed by atoms with Gasteiger partial charge in [-0.2, -0.15) is 0 Å². The Labute approximate surface area is 125 Å². The largest absolute Gasteiger partial charge is 0.393 e. The summed E-state index contributed by atoms with van der Waals surface area (Å²) in [7, 11) is 0. The molecule has 0 aromatic carbocycles. The number of rotatable bonds is 3. The highest BCUT2D eigenvalue weighted by molar-refractivity contribution is 5.01. The Morgan fingerprint density at radius 1 is 1.05 bits per heavy atom. The predicted octanol–water partition coefficient (Wildman–Crippen LogP) is 5.05. The maximum absolute atomic E-state index is 10.7. The first-order valence-corrected chi connectivity index (χ1v) is 8.73. The molecule has 2 saturated carbocycles. The minimum absolute atomic E-state index is 0.0954. The molecule has 0 heterocycles. The average Bonchev–Trinajstić information content (AvgIpc) is 2.37. The van der Waals surface area contributed by atoms with E-state index in [0.29, 0.717) is 11.8 Å². The molecule has 116 valence electrons. The molecule has 1 nitrogen and oxygen atoms in total. The Bertz CT molecular complexity index is 333. The molecule has 20 heavy (non-hydrogen) atoms. The molecule has 0 saturated heterocycles. The zero-order chi connectivity index (χ0) is 14.9. The molecule has 0 aromatic heterocycles. The molecule has 2 rings (SSSR count). The van der Waals surface area contributed by atoms with Crippen molar-refractivity contribution in [3.63, 3.8) is 0 Å². The van der Waals surface area contributed by atoms with Crippen molar-refractivity contribution in [1.29, 1.82) is 0 Å². The second kappa shape index (κ2) is 6.64. The van der Waals surface area contributed by atoms with Gasteiger partial charge < -0.3 is 5.11 Å². The number of hydrogen-bond donors (Lipinski definition) is 1. The van der Waals surface area contributed by atoms with Crippen molar-refractivity contribution in [3.05, 3.63) is 12.2 Å². The van der Waals surface area contributed by atoms with Gasteiger partial charge in [0.1, 0.15) is 0 Å². The van der Waals surface area contributed by atoms with Crippen molar-refractivity contribution in [2.75, 3.05) is 0 Å². The molecule has 0 radical (unpaired) electrons. The van der Waals surface area contributed by atoms with Gasteiger partial charge in [0.2, 0.25) is 0 Å². The summed E-state index contributed by atoms with van der Waals surface area (Å²) in [5, 5.41) is 10.7. The molecule has 2 fully saturated rings. The van der Waals surface area contributed by atoms with Gasteiger partial charge >= 0.3 is 0 Å². The van der Waals surface area contributed by atoms with Crippen molar-refractivity contribution in [2.24, 2.45) is 35.5 Å². The summed E-state index contributed by atoms with van der Waals surface area (Å²) in [6, 6.07) is 0. The summed E-state index contributed by atoms with van der Waals surface area (Å²) in [4.78, 5) is 0. The summed E-state index contributed by atoms with van der Waals surface area (Å²) in [5.74, 6) is 4.28. The molecule has 2 aliphatic carbocycles. The van der Waals surface area contributed by atoms with Gasteiger partial charge in [0.25, 0.3) is 0 Å². The Kier molecular flexibility index (Phi) is 5.34. The van der Waals surface area contributed by atoms with E-state index in [9.17, 15) is 5.11 Å². The average molecular weight is 278 g/mol. The predicted molar refractivity (Wildman–Crippen MR) is 86.5 cm³/mol. The fourth-order valence-electron chi connectivity index (χ4n) is 4.89. The Hall–Kier alpha value is -0.300. The monoisotopic (exact) mass is 278 g/mol. The van der Waals surface area contributed by atoms with Crippen LogP contribution in [0.5, 0.6) is 0 Å². The minimum Gasteiger partial charge on any atom is -0.393 e. The zero-order valence-corrected chi connectivity index (χ0v) is 13.9. The number of allylic oxidation sites excluding steroid dienone is 1.